The van der Waals surface area contributed by atoms with Crippen LogP contribution in [0.15, 0.2) is 78.9 Å². The standard InChI is InChI=1S/C21H21N/c1-2-8-18(9-3-1)10-7-16-22-17-15-20-13-6-12-19-11-4-5-14-21(19)20/h1-14,22H,15-17H2/b10-7+. The summed E-state index contributed by atoms with van der Waals surface area (Å²) in [5.41, 5.74) is 2.66. The first kappa shape index (κ1) is 14.6. The third kappa shape index (κ3) is 3.84. The highest BCUT2D eigenvalue weighted by Crippen LogP contribution is 2.18. The molecule has 0 fully saturated rings. The van der Waals surface area contributed by atoms with Crippen LogP contribution >= 0.6 is 0 Å². The van der Waals surface area contributed by atoms with E-state index >= 15 is 0 Å². The molecule has 3 aromatic carbocycles. The molecule has 3 aromatic rings. The Morgan fingerprint density at radius 2 is 1.55 bits per heavy atom. The topological polar surface area (TPSA) is 12.0 Å². The van der Waals surface area contributed by atoms with Crippen molar-refractivity contribution in [2.24, 2.45) is 0 Å². The molecule has 0 amide bonds. The van der Waals surface area contributed by atoms with Gasteiger partial charge in [-0.05, 0) is 34.9 Å². The lowest BCUT2D eigenvalue weighted by Gasteiger charge is -2.06. The van der Waals surface area contributed by atoms with E-state index in [1.807, 2.05) is 6.07 Å². The van der Waals surface area contributed by atoms with Gasteiger partial charge in [0.15, 0.2) is 0 Å². The van der Waals surface area contributed by atoms with Gasteiger partial charge >= 0.3 is 0 Å². The van der Waals surface area contributed by atoms with Gasteiger partial charge in [-0.25, -0.2) is 0 Å². The maximum Gasteiger partial charge on any atom is 0.0138 e. The van der Waals surface area contributed by atoms with Crippen LogP contribution in [0.2, 0.25) is 0 Å². The second kappa shape index (κ2) is 7.58. The monoisotopic (exact) mass is 287 g/mol. The summed E-state index contributed by atoms with van der Waals surface area (Å²) in [4.78, 5) is 0. The molecule has 0 aliphatic carbocycles. The SMILES string of the molecule is C(=C\c1ccccc1)/CNCCc1cccc2ccccc12. The third-order valence-electron chi connectivity index (χ3n) is 3.82. The number of nitrogens with one attached hydrogen (secondary N) is 1. The normalized spacial score (nSPS) is 11.3. The molecule has 0 aliphatic rings. The number of rotatable bonds is 6. The van der Waals surface area contributed by atoms with Gasteiger partial charge in [0, 0.05) is 6.54 Å². The molecule has 22 heavy (non-hydrogen) atoms. The van der Waals surface area contributed by atoms with E-state index in [2.05, 4.69) is 84.2 Å². The molecule has 0 aliphatic heterocycles. The smallest absolute Gasteiger partial charge is 0.0138 e. The molecule has 1 N–H and O–H groups in total. The van der Waals surface area contributed by atoms with Crippen molar-refractivity contribution < 1.29 is 0 Å². The highest BCUT2D eigenvalue weighted by atomic mass is 14.8. The maximum absolute atomic E-state index is 3.48. The second-order valence-electron chi connectivity index (χ2n) is 5.41. The highest BCUT2D eigenvalue weighted by Gasteiger charge is 1.99. The molecule has 0 heterocycles. The summed E-state index contributed by atoms with van der Waals surface area (Å²) in [5.74, 6) is 0. The van der Waals surface area contributed by atoms with Crippen molar-refractivity contribution in [1.82, 2.24) is 5.32 Å². The van der Waals surface area contributed by atoms with E-state index in [0.717, 1.165) is 19.5 Å². The zero-order valence-corrected chi connectivity index (χ0v) is 12.7. The molecule has 0 saturated carbocycles. The molecular weight excluding hydrogens is 266 g/mol. The first-order valence-electron chi connectivity index (χ1n) is 7.82. The van der Waals surface area contributed by atoms with E-state index < -0.39 is 0 Å². The summed E-state index contributed by atoms with van der Waals surface area (Å²) >= 11 is 0. The Balaban J connectivity index is 1.50. The average Bonchev–Trinajstić information content (AvgIpc) is 2.59. The van der Waals surface area contributed by atoms with Crippen molar-refractivity contribution in [2.45, 2.75) is 6.42 Å². The van der Waals surface area contributed by atoms with Crippen LogP contribution in [0.3, 0.4) is 0 Å². The molecule has 0 saturated heterocycles. The lowest BCUT2D eigenvalue weighted by Crippen LogP contribution is -2.17. The highest BCUT2D eigenvalue weighted by molar-refractivity contribution is 5.85. The summed E-state index contributed by atoms with van der Waals surface area (Å²) in [5, 5.41) is 6.17. The van der Waals surface area contributed by atoms with Gasteiger partial charge in [-0.3, -0.25) is 0 Å². The van der Waals surface area contributed by atoms with E-state index in [0.29, 0.717) is 0 Å². The van der Waals surface area contributed by atoms with Gasteiger partial charge in [0.05, 0.1) is 0 Å². The fourth-order valence-electron chi connectivity index (χ4n) is 2.68. The Morgan fingerprint density at radius 1 is 0.773 bits per heavy atom. The number of benzene rings is 3. The van der Waals surface area contributed by atoms with Crippen LogP contribution < -0.4 is 5.32 Å². The minimum Gasteiger partial charge on any atom is -0.313 e. The molecule has 0 atom stereocenters. The Labute approximate surface area is 132 Å². The van der Waals surface area contributed by atoms with Crippen molar-refractivity contribution in [3.8, 4) is 0 Å². The van der Waals surface area contributed by atoms with Crippen LogP contribution in [0.4, 0.5) is 0 Å². The van der Waals surface area contributed by atoms with Crippen LogP contribution in [0.25, 0.3) is 16.8 Å². The van der Waals surface area contributed by atoms with Crippen molar-refractivity contribution >= 4 is 16.8 Å². The molecule has 0 spiro atoms. The quantitative estimate of drug-likeness (QED) is 0.649. The largest absolute Gasteiger partial charge is 0.313 e. The Morgan fingerprint density at radius 3 is 2.45 bits per heavy atom. The van der Waals surface area contributed by atoms with Crippen LogP contribution in [-0.2, 0) is 6.42 Å². The lowest BCUT2D eigenvalue weighted by atomic mass is 10.0. The van der Waals surface area contributed by atoms with Crippen molar-refractivity contribution in [3.05, 3.63) is 90.0 Å². The van der Waals surface area contributed by atoms with Crippen molar-refractivity contribution in [2.75, 3.05) is 13.1 Å². The molecule has 0 aromatic heterocycles. The summed E-state index contributed by atoms with van der Waals surface area (Å²) in [6.07, 6.45) is 5.39. The second-order valence-corrected chi connectivity index (χ2v) is 5.41. The number of hydrogen-bond donors (Lipinski definition) is 1. The Hall–Kier alpha value is -2.38. The Bertz CT molecular complexity index is 739. The predicted molar refractivity (Wildman–Crippen MR) is 96.0 cm³/mol. The first-order valence-corrected chi connectivity index (χ1v) is 7.82. The fourth-order valence-corrected chi connectivity index (χ4v) is 2.68. The zero-order chi connectivity index (χ0) is 15.0. The molecular formula is C21H21N. The van der Waals surface area contributed by atoms with Crippen LogP contribution in [0, 0.1) is 0 Å². The number of hydrogen-bond acceptors (Lipinski definition) is 1. The minimum atomic E-state index is 0.902. The van der Waals surface area contributed by atoms with Gasteiger partial charge in [-0.2, -0.15) is 0 Å². The van der Waals surface area contributed by atoms with Gasteiger partial charge in [0.25, 0.3) is 0 Å². The van der Waals surface area contributed by atoms with Crippen molar-refractivity contribution in [3.63, 3.8) is 0 Å². The maximum atomic E-state index is 3.48. The van der Waals surface area contributed by atoms with E-state index in [4.69, 9.17) is 0 Å². The molecule has 0 radical (unpaired) electrons. The summed E-state index contributed by atoms with van der Waals surface area (Å²) in [6.45, 7) is 1.90. The Kier molecular flexibility index (Phi) is 5.01. The number of fused-ring (bicyclic) bond motifs is 1. The van der Waals surface area contributed by atoms with Gasteiger partial charge < -0.3 is 5.32 Å². The molecule has 0 bridgehead atoms. The van der Waals surface area contributed by atoms with E-state index in [1.54, 1.807) is 0 Å². The molecule has 0 unspecified atom stereocenters. The minimum absolute atomic E-state index is 0.902. The molecule has 3 rings (SSSR count). The van der Waals surface area contributed by atoms with Crippen LogP contribution in [-0.4, -0.2) is 13.1 Å². The molecule has 1 nitrogen and oxygen atoms in total. The van der Waals surface area contributed by atoms with Gasteiger partial charge in [0.1, 0.15) is 0 Å². The van der Waals surface area contributed by atoms with E-state index in [9.17, 15) is 0 Å². The molecule has 1 heteroatoms. The van der Waals surface area contributed by atoms with E-state index in [-0.39, 0.29) is 0 Å². The zero-order valence-electron chi connectivity index (χ0n) is 12.7. The van der Waals surface area contributed by atoms with E-state index in [1.165, 1.54) is 21.9 Å². The summed E-state index contributed by atoms with van der Waals surface area (Å²) < 4.78 is 0. The lowest BCUT2D eigenvalue weighted by molar-refractivity contribution is 0.748. The first-order chi connectivity index (χ1) is 10.9. The van der Waals surface area contributed by atoms with Crippen molar-refractivity contribution in [1.29, 1.82) is 0 Å². The fraction of sp³-hybridized carbons (Fsp3) is 0.143. The summed E-state index contributed by atoms with van der Waals surface area (Å²) in [6, 6.07) is 25.5. The van der Waals surface area contributed by atoms with Gasteiger partial charge in [-0.15, -0.1) is 0 Å². The van der Waals surface area contributed by atoms with Gasteiger partial charge in [-0.1, -0.05) is 84.9 Å². The predicted octanol–water partition coefficient (Wildman–Crippen LogP) is 4.69. The van der Waals surface area contributed by atoms with Gasteiger partial charge in [0.2, 0.25) is 0 Å². The van der Waals surface area contributed by atoms with Crippen LogP contribution in [0.1, 0.15) is 11.1 Å². The third-order valence-corrected chi connectivity index (χ3v) is 3.82. The molecule has 110 valence electrons. The van der Waals surface area contributed by atoms with Crippen LogP contribution in [0.5, 0.6) is 0 Å². The summed E-state index contributed by atoms with van der Waals surface area (Å²) in [7, 11) is 0. The average molecular weight is 287 g/mol.